The van der Waals surface area contributed by atoms with E-state index in [0.717, 1.165) is 19.3 Å². The standard InChI is InChI=1S/C13H24N2O3S/c1-12(2,3)18-11(16)15-7-4-13(10-15)5-8-19(14,17)9-6-13/h14H,4-10H2,1-3H3. The maximum atomic E-state index is 12.0. The molecule has 0 unspecified atom stereocenters. The molecule has 0 aromatic rings. The quantitative estimate of drug-likeness (QED) is 0.744. The summed E-state index contributed by atoms with van der Waals surface area (Å²) < 4.78 is 24.7. The molecule has 0 saturated carbocycles. The molecule has 2 aliphatic rings. The van der Waals surface area contributed by atoms with Gasteiger partial charge in [0.1, 0.15) is 5.60 Å². The molecule has 2 heterocycles. The average molecular weight is 288 g/mol. The molecular formula is C13H24N2O3S. The van der Waals surface area contributed by atoms with Gasteiger partial charge < -0.3 is 9.64 Å². The van der Waals surface area contributed by atoms with Crippen LogP contribution in [0, 0.1) is 10.2 Å². The zero-order valence-corrected chi connectivity index (χ0v) is 12.8. The Bertz CT molecular complexity index is 451. The van der Waals surface area contributed by atoms with Crippen LogP contribution in [0.3, 0.4) is 0 Å². The van der Waals surface area contributed by atoms with Crippen LogP contribution in [-0.4, -0.2) is 45.4 Å². The van der Waals surface area contributed by atoms with Crippen molar-refractivity contribution in [2.24, 2.45) is 5.41 Å². The van der Waals surface area contributed by atoms with Crippen molar-refractivity contribution in [3.8, 4) is 0 Å². The van der Waals surface area contributed by atoms with Gasteiger partial charge in [-0.1, -0.05) is 0 Å². The van der Waals surface area contributed by atoms with Crippen LogP contribution in [0.2, 0.25) is 0 Å². The van der Waals surface area contributed by atoms with E-state index in [9.17, 15) is 9.00 Å². The Morgan fingerprint density at radius 1 is 1.26 bits per heavy atom. The summed E-state index contributed by atoms with van der Waals surface area (Å²) in [5.41, 5.74) is -0.381. The first-order chi connectivity index (χ1) is 8.61. The van der Waals surface area contributed by atoms with Gasteiger partial charge in [0.2, 0.25) is 0 Å². The minimum atomic E-state index is -2.35. The van der Waals surface area contributed by atoms with Gasteiger partial charge >= 0.3 is 6.09 Å². The van der Waals surface area contributed by atoms with E-state index in [1.807, 2.05) is 20.8 Å². The van der Waals surface area contributed by atoms with Crippen LogP contribution >= 0.6 is 0 Å². The van der Waals surface area contributed by atoms with E-state index in [0.29, 0.717) is 24.6 Å². The summed E-state index contributed by atoms with van der Waals surface area (Å²) in [4.78, 5) is 13.8. The topological polar surface area (TPSA) is 70.5 Å². The monoisotopic (exact) mass is 288 g/mol. The first-order valence-electron chi connectivity index (χ1n) is 6.83. The second kappa shape index (κ2) is 4.65. The predicted octanol–water partition coefficient (Wildman–Crippen LogP) is 2.45. The maximum Gasteiger partial charge on any atom is 0.410 e. The van der Waals surface area contributed by atoms with Crippen molar-refractivity contribution in [2.45, 2.75) is 45.6 Å². The van der Waals surface area contributed by atoms with Gasteiger partial charge in [0, 0.05) is 34.3 Å². The molecule has 0 aromatic heterocycles. The Balaban J connectivity index is 1.95. The number of ether oxygens (including phenoxy) is 1. The van der Waals surface area contributed by atoms with E-state index >= 15 is 0 Å². The fraction of sp³-hybridized carbons (Fsp3) is 0.923. The summed E-state index contributed by atoms with van der Waals surface area (Å²) in [6.45, 7) is 7.01. The molecule has 0 bridgehead atoms. The highest BCUT2D eigenvalue weighted by Gasteiger charge is 2.43. The molecule has 0 aromatic carbocycles. The van der Waals surface area contributed by atoms with Crippen molar-refractivity contribution in [1.82, 2.24) is 4.90 Å². The summed E-state index contributed by atoms with van der Waals surface area (Å²) in [5.74, 6) is 0.963. The minimum Gasteiger partial charge on any atom is -0.444 e. The molecule has 1 spiro atoms. The fourth-order valence-electron chi connectivity index (χ4n) is 2.82. The van der Waals surface area contributed by atoms with Gasteiger partial charge in [-0.3, -0.25) is 4.78 Å². The van der Waals surface area contributed by atoms with E-state index in [1.54, 1.807) is 4.90 Å². The Labute approximate surface area is 115 Å². The van der Waals surface area contributed by atoms with Crippen LogP contribution in [0.5, 0.6) is 0 Å². The van der Waals surface area contributed by atoms with Gasteiger partial charge in [-0.25, -0.2) is 9.00 Å². The molecular weight excluding hydrogens is 264 g/mol. The molecule has 5 nitrogen and oxygen atoms in total. The summed E-state index contributed by atoms with van der Waals surface area (Å²) in [6.07, 6.45) is 2.30. The summed E-state index contributed by atoms with van der Waals surface area (Å²) in [5, 5.41) is 0. The molecule has 6 heteroatoms. The second-order valence-electron chi connectivity index (χ2n) is 6.87. The minimum absolute atomic E-state index is 0.0822. The van der Waals surface area contributed by atoms with Crippen molar-refractivity contribution in [3.63, 3.8) is 0 Å². The van der Waals surface area contributed by atoms with Gasteiger partial charge in [-0.2, -0.15) is 0 Å². The number of carbonyl (C=O) groups is 1. The first-order valence-corrected chi connectivity index (χ1v) is 8.73. The number of rotatable bonds is 0. The fourth-order valence-corrected chi connectivity index (χ4v) is 4.54. The summed E-state index contributed by atoms with van der Waals surface area (Å²) >= 11 is 0. The van der Waals surface area contributed by atoms with Crippen molar-refractivity contribution >= 4 is 15.8 Å². The lowest BCUT2D eigenvalue weighted by Crippen LogP contribution is -2.39. The van der Waals surface area contributed by atoms with Crippen LogP contribution in [0.25, 0.3) is 0 Å². The first kappa shape index (κ1) is 14.6. The predicted molar refractivity (Wildman–Crippen MR) is 74.7 cm³/mol. The van der Waals surface area contributed by atoms with Crippen LogP contribution in [0.4, 0.5) is 4.79 Å². The van der Waals surface area contributed by atoms with Gasteiger partial charge in [0.15, 0.2) is 0 Å². The summed E-state index contributed by atoms with van der Waals surface area (Å²) in [6, 6.07) is 0. The van der Waals surface area contributed by atoms with E-state index < -0.39 is 15.3 Å². The largest absolute Gasteiger partial charge is 0.444 e. The van der Waals surface area contributed by atoms with E-state index in [1.165, 1.54) is 0 Å². The van der Waals surface area contributed by atoms with E-state index in [-0.39, 0.29) is 11.5 Å². The highest BCUT2D eigenvalue weighted by Crippen LogP contribution is 2.41. The molecule has 1 N–H and O–H groups in total. The number of nitrogens with zero attached hydrogens (tertiary/aromatic N) is 1. The summed E-state index contributed by atoms with van der Waals surface area (Å²) in [7, 11) is -2.35. The Kier molecular flexibility index (Phi) is 3.58. The van der Waals surface area contributed by atoms with Gasteiger partial charge in [-0.15, -0.1) is 0 Å². The van der Waals surface area contributed by atoms with Crippen LogP contribution in [0.1, 0.15) is 40.0 Å². The van der Waals surface area contributed by atoms with Gasteiger partial charge in [-0.05, 0) is 45.4 Å². The second-order valence-corrected chi connectivity index (χ2v) is 9.31. The third kappa shape index (κ3) is 3.61. The van der Waals surface area contributed by atoms with E-state index in [2.05, 4.69) is 0 Å². The Hall–Kier alpha value is -0.780. The van der Waals surface area contributed by atoms with Gasteiger partial charge in [0.25, 0.3) is 0 Å². The highest BCUT2D eigenvalue weighted by molar-refractivity contribution is 7.92. The maximum absolute atomic E-state index is 12.0. The molecule has 2 aliphatic heterocycles. The third-order valence-electron chi connectivity index (χ3n) is 4.01. The lowest BCUT2D eigenvalue weighted by Gasteiger charge is -2.34. The number of hydrogen-bond donors (Lipinski definition) is 1. The Morgan fingerprint density at radius 3 is 2.37 bits per heavy atom. The molecule has 0 aliphatic carbocycles. The number of likely N-dealkylation sites (tertiary alicyclic amines) is 1. The molecule has 2 fully saturated rings. The lowest BCUT2D eigenvalue weighted by molar-refractivity contribution is 0.0270. The smallest absolute Gasteiger partial charge is 0.410 e. The average Bonchev–Trinajstić information content (AvgIpc) is 2.66. The van der Waals surface area contributed by atoms with Gasteiger partial charge in [0.05, 0.1) is 0 Å². The van der Waals surface area contributed by atoms with Crippen molar-refractivity contribution in [3.05, 3.63) is 0 Å². The third-order valence-corrected chi connectivity index (χ3v) is 5.74. The lowest BCUT2D eigenvalue weighted by atomic mass is 9.81. The number of nitrogens with one attached hydrogen (secondary N) is 1. The molecule has 0 radical (unpaired) electrons. The molecule has 2 rings (SSSR count). The van der Waals surface area contributed by atoms with Crippen molar-refractivity contribution < 1.29 is 13.7 Å². The number of hydrogen-bond acceptors (Lipinski definition) is 4. The van der Waals surface area contributed by atoms with Crippen molar-refractivity contribution in [2.75, 3.05) is 24.6 Å². The van der Waals surface area contributed by atoms with Crippen molar-refractivity contribution in [1.29, 1.82) is 4.78 Å². The highest BCUT2D eigenvalue weighted by atomic mass is 32.2. The van der Waals surface area contributed by atoms with Crippen LogP contribution in [-0.2, 0) is 14.5 Å². The molecule has 1 amide bonds. The van der Waals surface area contributed by atoms with E-state index in [4.69, 9.17) is 9.52 Å². The number of amides is 1. The molecule has 110 valence electrons. The zero-order valence-electron chi connectivity index (χ0n) is 12.0. The normalized spacial score (nSPS) is 35.6. The molecule has 0 atom stereocenters. The molecule has 2 saturated heterocycles. The molecule has 19 heavy (non-hydrogen) atoms. The Morgan fingerprint density at radius 2 is 1.84 bits per heavy atom. The van der Waals surface area contributed by atoms with Crippen LogP contribution in [0.15, 0.2) is 0 Å². The SMILES string of the molecule is CC(C)(C)OC(=O)N1CCC2(CCS(=N)(=O)CC2)C1. The zero-order chi connectivity index (χ0) is 14.3. The number of carbonyl (C=O) groups excluding carboxylic acids is 1. The van der Waals surface area contributed by atoms with Crippen LogP contribution < -0.4 is 0 Å².